The van der Waals surface area contributed by atoms with E-state index in [0.29, 0.717) is 22.8 Å². The Bertz CT molecular complexity index is 1340. The van der Waals surface area contributed by atoms with Crippen molar-refractivity contribution in [2.75, 3.05) is 7.11 Å². The van der Waals surface area contributed by atoms with Crippen LogP contribution in [0.15, 0.2) is 47.5 Å². The number of rotatable bonds is 5. The van der Waals surface area contributed by atoms with Gasteiger partial charge in [-0.05, 0) is 50.1 Å². The molecule has 0 spiro atoms. The van der Waals surface area contributed by atoms with E-state index < -0.39 is 33.1 Å². The summed E-state index contributed by atoms with van der Waals surface area (Å²) in [6.07, 6.45) is -3.76. The summed E-state index contributed by atoms with van der Waals surface area (Å²) in [5.41, 5.74) is -1.50. The molecule has 1 fully saturated rings. The molecule has 2 aromatic heterocycles. The summed E-state index contributed by atoms with van der Waals surface area (Å²) in [6.45, 7) is 1.76. The van der Waals surface area contributed by atoms with Gasteiger partial charge in [0.1, 0.15) is 0 Å². The second kappa shape index (κ2) is 7.44. The molecule has 1 saturated carbocycles. The SMILES string of the molecule is COc1ncc(C(F)(F)F)cc1C1(C(=O)NS(=O)(=O)c2cccc3nc(C)ccc23)CC1. The predicted molar refractivity (Wildman–Crippen MR) is 109 cm³/mol. The van der Waals surface area contributed by atoms with Crippen LogP contribution < -0.4 is 9.46 Å². The van der Waals surface area contributed by atoms with Gasteiger partial charge in [0.15, 0.2) is 0 Å². The number of pyridine rings is 2. The van der Waals surface area contributed by atoms with E-state index in [1.807, 2.05) is 4.72 Å². The van der Waals surface area contributed by atoms with Gasteiger partial charge in [0.2, 0.25) is 11.8 Å². The number of benzene rings is 1. The maximum Gasteiger partial charge on any atom is 0.417 e. The van der Waals surface area contributed by atoms with Crippen molar-refractivity contribution in [1.82, 2.24) is 14.7 Å². The number of alkyl halides is 3. The molecule has 0 unspecified atom stereocenters. The van der Waals surface area contributed by atoms with E-state index in [0.717, 1.165) is 6.07 Å². The summed E-state index contributed by atoms with van der Waals surface area (Å²) in [4.78, 5) is 20.9. The largest absolute Gasteiger partial charge is 0.481 e. The van der Waals surface area contributed by atoms with Gasteiger partial charge >= 0.3 is 6.18 Å². The molecule has 11 heteroatoms. The maximum absolute atomic E-state index is 13.2. The number of nitrogens with zero attached hydrogens (tertiary/aromatic N) is 2. The van der Waals surface area contributed by atoms with Crippen molar-refractivity contribution in [3.8, 4) is 5.88 Å². The van der Waals surface area contributed by atoms with E-state index in [1.54, 1.807) is 25.1 Å². The van der Waals surface area contributed by atoms with Crippen LogP contribution in [0.1, 0.15) is 29.7 Å². The van der Waals surface area contributed by atoms with Gasteiger partial charge in [0.25, 0.3) is 10.0 Å². The standard InChI is InChI=1S/C21H18F3N3O4S/c1-12-6-7-14-16(26-12)4-3-5-17(14)32(29,30)27-19(28)20(8-9-20)15-10-13(21(22,23)24)11-25-18(15)31-2/h3-7,10-11H,8-9H2,1-2H3,(H,27,28). The molecule has 0 aliphatic heterocycles. The molecule has 1 aliphatic carbocycles. The van der Waals surface area contributed by atoms with Crippen molar-refractivity contribution in [3.63, 3.8) is 0 Å². The molecule has 168 valence electrons. The minimum Gasteiger partial charge on any atom is -0.481 e. The van der Waals surface area contributed by atoms with E-state index >= 15 is 0 Å². The van der Waals surface area contributed by atoms with Gasteiger partial charge in [-0.15, -0.1) is 0 Å². The summed E-state index contributed by atoms with van der Waals surface area (Å²) in [5, 5.41) is 0.321. The van der Waals surface area contributed by atoms with Crippen molar-refractivity contribution < 1.29 is 31.1 Å². The maximum atomic E-state index is 13.2. The predicted octanol–water partition coefficient (Wildman–Crippen LogP) is 3.50. The topological polar surface area (TPSA) is 98.2 Å². The van der Waals surface area contributed by atoms with Crippen LogP contribution in [0.4, 0.5) is 13.2 Å². The molecule has 0 bridgehead atoms. The lowest BCUT2D eigenvalue weighted by Crippen LogP contribution is -2.39. The fourth-order valence-electron chi connectivity index (χ4n) is 3.59. The number of halogens is 3. The van der Waals surface area contributed by atoms with Gasteiger partial charge in [-0.1, -0.05) is 6.07 Å². The van der Waals surface area contributed by atoms with E-state index in [4.69, 9.17) is 4.74 Å². The van der Waals surface area contributed by atoms with Crippen LogP contribution in [0.5, 0.6) is 5.88 Å². The van der Waals surface area contributed by atoms with Crippen LogP contribution in [-0.4, -0.2) is 31.4 Å². The Kier molecular flexibility index (Phi) is 5.11. The molecule has 4 rings (SSSR count). The van der Waals surface area contributed by atoms with Crippen molar-refractivity contribution in [2.45, 2.75) is 36.3 Å². The first-order valence-electron chi connectivity index (χ1n) is 9.53. The molecule has 32 heavy (non-hydrogen) atoms. The number of hydrogen-bond acceptors (Lipinski definition) is 6. The van der Waals surface area contributed by atoms with Crippen molar-refractivity contribution in [1.29, 1.82) is 0 Å². The Morgan fingerprint density at radius 1 is 1.19 bits per heavy atom. The number of nitrogens with one attached hydrogen (secondary N) is 1. The highest BCUT2D eigenvalue weighted by Gasteiger charge is 2.55. The third-order valence-electron chi connectivity index (χ3n) is 5.42. The molecule has 1 aromatic carbocycles. The Labute approximate surface area is 181 Å². The zero-order valence-corrected chi connectivity index (χ0v) is 17.8. The average Bonchev–Trinajstić information content (AvgIpc) is 3.53. The van der Waals surface area contributed by atoms with Crippen LogP contribution in [0.25, 0.3) is 10.9 Å². The quantitative estimate of drug-likeness (QED) is 0.619. The first kappa shape index (κ1) is 22.0. The van der Waals surface area contributed by atoms with Crippen molar-refractivity contribution in [3.05, 3.63) is 59.4 Å². The minimum atomic E-state index is -4.68. The Morgan fingerprint density at radius 2 is 1.91 bits per heavy atom. The zero-order valence-electron chi connectivity index (χ0n) is 17.0. The monoisotopic (exact) mass is 465 g/mol. The van der Waals surface area contributed by atoms with Gasteiger partial charge in [0.05, 0.1) is 28.5 Å². The third-order valence-corrected chi connectivity index (χ3v) is 6.81. The van der Waals surface area contributed by atoms with Crippen LogP contribution >= 0.6 is 0 Å². The smallest absolute Gasteiger partial charge is 0.417 e. The molecule has 1 amide bonds. The number of methoxy groups -OCH3 is 1. The molecule has 3 aromatic rings. The van der Waals surface area contributed by atoms with Gasteiger partial charge in [-0.2, -0.15) is 13.2 Å². The first-order chi connectivity index (χ1) is 15.0. The molecule has 1 N–H and O–H groups in total. The number of aromatic nitrogens is 2. The number of amides is 1. The minimum absolute atomic E-state index is 0.0993. The number of carbonyl (C=O) groups is 1. The van der Waals surface area contributed by atoms with Crippen LogP contribution in [-0.2, 0) is 26.4 Å². The molecule has 0 atom stereocenters. The number of ether oxygens (including phenoxy) is 1. The molecule has 2 heterocycles. The van der Waals surface area contributed by atoms with Crippen LogP contribution in [0.2, 0.25) is 0 Å². The lowest BCUT2D eigenvalue weighted by molar-refractivity contribution is -0.138. The third kappa shape index (κ3) is 3.77. The highest BCUT2D eigenvalue weighted by Crippen LogP contribution is 2.52. The van der Waals surface area contributed by atoms with E-state index in [-0.39, 0.29) is 29.2 Å². The van der Waals surface area contributed by atoms with E-state index in [2.05, 4.69) is 9.97 Å². The fourth-order valence-corrected chi connectivity index (χ4v) is 4.86. The van der Waals surface area contributed by atoms with Crippen LogP contribution in [0, 0.1) is 6.92 Å². The highest BCUT2D eigenvalue weighted by molar-refractivity contribution is 7.90. The number of sulfonamides is 1. The summed E-state index contributed by atoms with van der Waals surface area (Å²) in [7, 11) is -3.11. The van der Waals surface area contributed by atoms with Crippen molar-refractivity contribution >= 4 is 26.8 Å². The Balaban J connectivity index is 1.72. The number of aryl methyl sites for hydroxylation is 1. The van der Waals surface area contributed by atoms with Crippen molar-refractivity contribution in [2.24, 2.45) is 0 Å². The lowest BCUT2D eigenvalue weighted by atomic mass is 9.95. The summed E-state index contributed by atoms with van der Waals surface area (Å²) in [6, 6.07) is 8.50. The zero-order chi connectivity index (χ0) is 23.3. The Morgan fingerprint density at radius 3 is 2.53 bits per heavy atom. The average molecular weight is 465 g/mol. The molecule has 0 saturated heterocycles. The van der Waals surface area contributed by atoms with E-state index in [9.17, 15) is 26.4 Å². The molecular formula is C21H18F3N3O4S. The second-order valence-corrected chi connectivity index (χ2v) is 9.22. The second-order valence-electron chi connectivity index (χ2n) is 7.57. The van der Waals surface area contributed by atoms with E-state index in [1.165, 1.54) is 19.2 Å². The summed E-state index contributed by atoms with van der Waals surface area (Å²) in [5.74, 6) is -1.10. The lowest BCUT2D eigenvalue weighted by Gasteiger charge is -2.19. The molecule has 7 nitrogen and oxygen atoms in total. The normalized spacial score (nSPS) is 15.4. The number of carbonyl (C=O) groups excluding carboxylic acids is 1. The van der Waals surface area contributed by atoms with Crippen LogP contribution in [0.3, 0.4) is 0 Å². The number of fused-ring (bicyclic) bond motifs is 1. The van der Waals surface area contributed by atoms with Gasteiger partial charge < -0.3 is 4.74 Å². The highest BCUT2D eigenvalue weighted by atomic mass is 32.2. The molecule has 0 radical (unpaired) electrons. The molecule has 1 aliphatic rings. The van der Waals surface area contributed by atoms with Gasteiger partial charge in [-0.25, -0.2) is 18.1 Å². The Hall–Kier alpha value is -3.21. The first-order valence-corrected chi connectivity index (χ1v) is 11.0. The van der Waals surface area contributed by atoms with Gasteiger partial charge in [0, 0.05) is 22.8 Å². The van der Waals surface area contributed by atoms with Gasteiger partial charge in [-0.3, -0.25) is 9.78 Å². The summed E-state index contributed by atoms with van der Waals surface area (Å²) >= 11 is 0. The fraction of sp³-hybridized carbons (Fsp3) is 0.286. The number of hydrogen-bond donors (Lipinski definition) is 1. The summed E-state index contributed by atoms with van der Waals surface area (Å²) < 4.78 is 72.8. The molecular weight excluding hydrogens is 447 g/mol.